The highest BCUT2D eigenvalue weighted by atomic mass is 35.5. The number of hydrazine groups is 1. The van der Waals surface area contributed by atoms with Crippen molar-refractivity contribution in [3.05, 3.63) is 53.1 Å². The van der Waals surface area contributed by atoms with Crippen LogP contribution in [0.1, 0.15) is 10.4 Å². The molecule has 2 N–H and O–H groups in total. The molecule has 0 heterocycles. The van der Waals surface area contributed by atoms with Gasteiger partial charge in [-0.3, -0.25) is 10.2 Å². The first kappa shape index (κ1) is 18.1. The molecule has 0 spiro atoms. The number of nitrogens with one attached hydrogen (secondary N) is 2. The SMILES string of the molecule is COc1ccc(S(=O)(=O)NNC(=O)c2cc(Cl)ccc2OC)cc1. The van der Waals surface area contributed by atoms with E-state index in [2.05, 4.69) is 5.43 Å². The third-order valence-electron chi connectivity index (χ3n) is 3.07. The highest BCUT2D eigenvalue weighted by Gasteiger charge is 2.18. The van der Waals surface area contributed by atoms with Gasteiger partial charge in [0.25, 0.3) is 15.9 Å². The lowest BCUT2D eigenvalue weighted by molar-refractivity contribution is 0.0942. The number of methoxy groups -OCH3 is 2. The van der Waals surface area contributed by atoms with E-state index in [9.17, 15) is 13.2 Å². The van der Waals surface area contributed by atoms with Crippen molar-refractivity contribution in [1.29, 1.82) is 0 Å². The number of sulfonamides is 1. The topological polar surface area (TPSA) is 93.7 Å². The van der Waals surface area contributed by atoms with Gasteiger partial charge in [0.15, 0.2) is 0 Å². The van der Waals surface area contributed by atoms with Crippen molar-refractivity contribution < 1.29 is 22.7 Å². The smallest absolute Gasteiger partial charge is 0.270 e. The van der Waals surface area contributed by atoms with Crippen molar-refractivity contribution in [3.63, 3.8) is 0 Å². The second-order valence-electron chi connectivity index (χ2n) is 4.58. The molecule has 0 atom stereocenters. The Morgan fingerprint density at radius 3 is 2.29 bits per heavy atom. The van der Waals surface area contributed by atoms with E-state index < -0.39 is 15.9 Å². The number of ether oxygens (including phenoxy) is 2. The van der Waals surface area contributed by atoms with Gasteiger partial charge in [0, 0.05) is 5.02 Å². The fraction of sp³-hybridized carbons (Fsp3) is 0.133. The molecule has 0 saturated heterocycles. The average Bonchev–Trinajstić information content (AvgIpc) is 2.59. The molecule has 24 heavy (non-hydrogen) atoms. The van der Waals surface area contributed by atoms with E-state index in [0.717, 1.165) is 0 Å². The van der Waals surface area contributed by atoms with Gasteiger partial charge in [0.05, 0.1) is 24.7 Å². The molecule has 2 aromatic rings. The van der Waals surface area contributed by atoms with Crippen molar-refractivity contribution in [1.82, 2.24) is 10.3 Å². The monoisotopic (exact) mass is 370 g/mol. The fourth-order valence-corrected chi connectivity index (χ4v) is 2.86. The zero-order chi connectivity index (χ0) is 17.7. The van der Waals surface area contributed by atoms with Crippen LogP contribution in [0, 0.1) is 0 Å². The Hall–Kier alpha value is -2.29. The third kappa shape index (κ3) is 4.16. The van der Waals surface area contributed by atoms with Crippen LogP contribution in [-0.2, 0) is 10.0 Å². The van der Waals surface area contributed by atoms with Gasteiger partial charge in [-0.25, -0.2) is 8.42 Å². The molecular weight excluding hydrogens is 356 g/mol. The Morgan fingerprint density at radius 1 is 1.04 bits per heavy atom. The summed E-state index contributed by atoms with van der Waals surface area (Å²) in [4.78, 5) is 14.1. The second kappa shape index (κ2) is 7.52. The van der Waals surface area contributed by atoms with Crippen molar-refractivity contribution in [2.45, 2.75) is 4.90 Å². The quantitative estimate of drug-likeness (QED) is 0.758. The van der Waals surface area contributed by atoms with E-state index >= 15 is 0 Å². The number of benzene rings is 2. The van der Waals surface area contributed by atoms with E-state index in [1.807, 2.05) is 4.83 Å². The van der Waals surface area contributed by atoms with Crippen LogP contribution in [0.4, 0.5) is 0 Å². The van der Waals surface area contributed by atoms with Gasteiger partial charge in [-0.05, 0) is 42.5 Å². The highest BCUT2D eigenvalue weighted by molar-refractivity contribution is 7.89. The summed E-state index contributed by atoms with van der Waals surface area (Å²) in [5.41, 5.74) is 2.22. The number of halogens is 1. The van der Waals surface area contributed by atoms with Gasteiger partial charge >= 0.3 is 0 Å². The third-order valence-corrected chi connectivity index (χ3v) is 4.57. The van der Waals surface area contributed by atoms with Gasteiger partial charge in [-0.15, -0.1) is 4.83 Å². The fourth-order valence-electron chi connectivity index (χ4n) is 1.85. The van der Waals surface area contributed by atoms with Crippen LogP contribution < -0.4 is 19.7 Å². The summed E-state index contributed by atoms with van der Waals surface area (Å²) >= 11 is 5.85. The first-order valence-electron chi connectivity index (χ1n) is 6.67. The van der Waals surface area contributed by atoms with Crippen LogP contribution in [0.15, 0.2) is 47.4 Å². The molecule has 128 valence electrons. The zero-order valence-corrected chi connectivity index (χ0v) is 14.4. The van der Waals surface area contributed by atoms with E-state index in [0.29, 0.717) is 10.8 Å². The number of amides is 1. The Balaban J connectivity index is 2.14. The summed E-state index contributed by atoms with van der Waals surface area (Å²) in [7, 11) is -1.07. The molecule has 0 radical (unpaired) electrons. The minimum Gasteiger partial charge on any atom is -0.497 e. The zero-order valence-electron chi connectivity index (χ0n) is 12.9. The molecule has 0 saturated carbocycles. The predicted octanol–water partition coefficient (Wildman–Crippen LogP) is 1.98. The predicted molar refractivity (Wildman–Crippen MR) is 88.8 cm³/mol. The Kier molecular flexibility index (Phi) is 5.66. The van der Waals surface area contributed by atoms with Gasteiger partial charge in [-0.2, -0.15) is 0 Å². The molecule has 2 aromatic carbocycles. The summed E-state index contributed by atoms with van der Waals surface area (Å²) in [5, 5.41) is 0.318. The summed E-state index contributed by atoms with van der Waals surface area (Å²) in [6, 6.07) is 10.1. The van der Waals surface area contributed by atoms with Crippen LogP contribution in [0.3, 0.4) is 0 Å². The van der Waals surface area contributed by atoms with Gasteiger partial charge in [0.1, 0.15) is 11.5 Å². The molecule has 0 aliphatic rings. The molecule has 0 fully saturated rings. The lowest BCUT2D eigenvalue weighted by Crippen LogP contribution is -2.41. The molecule has 0 aliphatic heterocycles. The Morgan fingerprint density at radius 2 is 1.71 bits per heavy atom. The lowest BCUT2D eigenvalue weighted by atomic mass is 10.2. The number of hydrogen-bond acceptors (Lipinski definition) is 5. The first-order valence-corrected chi connectivity index (χ1v) is 8.53. The second-order valence-corrected chi connectivity index (χ2v) is 6.70. The Bertz CT molecular complexity index is 837. The maximum absolute atomic E-state index is 12.2. The minimum atomic E-state index is -3.93. The van der Waals surface area contributed by atoms with Gasteiger partial charge < -0.3 is 9.47 Å². The van der Waals surface area contributed by atoms with Crippen molar-refractivity contribution >= 4 is 27.5 Å². The molecule has 0 bridgehead atoms. The molecule has 0 unspecified atom stereocenters. The maximum Gasteiger partial charge on any atom is 0.270 e. The first-order chi connectivity index (χ1) is 11.4. The normalized spacial score (nSPS) is 11.0. The van der Waals surface area contributed by atoms with Crippen LogP contribution >= 0.6 is 11.6 Å². The van der Waals surface area contributed by atoms with Gasteiger partial charge in [0.2, 0.25) is 0 Å². The lowest BCUT2D eigenvalue weighted by Gasteiger charge is -2.11. The molecule has 1 amide bonds. The summed E-state index contributed by atoms with van der Waals surface area (Å²) < 4.78 is 34.3. The van der Waals surface area contributed by atoms with Crippen LogP contribution in [0.25, 0.3) is 0 Å². The van der Waals surface area contributed by atoms with E-state index in [4.69, 9.17) is 21.1 Å². The molecule has 0 aliphatic carbocycles. The van der Waals surface area contributed by atoms with E-state index in [1.54, 1.807) is 6.07 Å². The average molecular weight is 371 g/mol. The van der Waals surface area contributed by atoms with Crippen molar-refractivity contribution in [2.75, 3.05) is 14.2 Å². The molecule has 7 nitrogen and oxygen atoms in total. The largest absolute Gasteiger partial charge is 0.497 e. The summed E-state index contributed by atoms with van der Waals surface area (Å²) in [5.74, 6) is 0.0774. The summed E-state index contributed by atoms with van der Waals surface area (Å²) in [6.45, 7) is 0. The maximum atomic E-state index is 12.2. The number of carbonyl (C=O) groups excluding carboxylic acids is 1. The minimum absolute atomic E-state index is 0.0262. The van der Waals surface area contributed by atoms with E-state index in [-0.39, 0.29) is 16.2 Å². The standard InChI is InChI=1S/C15H15ClN2O5S/c1-22-11-4-6-12(7-5-11)24(20,21)18-17-15(19)13-9-10(16)3-8-14(13)23-2/h3-9,18H,1-2H3,(H,17,19). The van der Waals surface area contributed by atoms with Crippen molar-refractivity contribution in [3.8, 4) is 11.5 Å². The number of hydrogen-bond donors (Lipinski definition) is 2. The molecular formula is C15H15ClN2O5S. The molecule has 0 aromatic heterocycles. The van der Waals surface area contributed by atoms with Gasteiger partial charge in [-0.1, -0.05) is 11.6 Å². The Labute approximate surface area is 144 Å². The molecule has 9 heteroatoms. The summed E-state index contributed by atoms with van der Waals surface area (Å²) in [6.07, 6.45) is 0. The van der Waals surface area contributed by atoms with Crippen LogP contribution in [-0.4, -0.2) is 28.5 Å². The van der Waals surface area contributed by atoms with Crippen LogP contribution in [0.5, 0.6) is 11.5 Å². The van der Waals surface area contributed by atoms with Crippen molar-refractivity contribution in [2.24, 2.45) is 0 Å². The molecule has 2 rings (SSSR count). The van der Waals surface area contributed by atoms with Crippen LogP contribution in [0.2, 0.25) is 5.02 Å². The van der Waals surface area contributed by atoms with E-state index in [1.165, 1.54) is 50.6 Å². The number of rotatable bonds is 6. The number of carbonyl (C=O) groups is 1. The highest BCUT2D eigenvalue weighted by Crippen LogP contribution is 2.22.